The van der Waals surface area contributed by atoms with Gasteiger partial charge < -0.3 is 70.4 Å². The van der Waals surface area contributed by atoms with Gasteiger partial charge in [0.05, 0.1) is 66.9 Å². The molecule has 2 aromatic carbocycles. The third-order valence-corrected chi connectivity index (χ3v) is 12.1. The summed E-state index contributed by atoms with van der Waals surface area (Å²) in [5, 5.41) is 76.2. The monoisotopic (exact) mass is 1360 g/mol. The van der Waals surface area contributed by atoms with Crippen LogP contribution in [0.4, 0.5) is 0 Å². The predicted molar refractivity (Wildman–Crippen MR) is 330 cm³/mol. The number of para-hydroxylation sites is 4. The van der Waals surface area contributed by atoms with Crippen LogP contribution in [0.15, 0.2) is 244 Å². The van der Waals surface area contributed by atoms with Gasteiger partial charge in [-0.05, 0) is 132 Å². The van der Waals surface area contributed by atoms with Crippen molar-refractivity contribution in [2.24, 2.45) is 0 Å². The van der Waals surface area contributed by atoms with E-state index in [1.807, 2.05) is 183 Å². The van der Waals surface area contributed by atoms with E-state index in [1.165, 1.54) is 11.1 Å². The number of rotatable bonds is 11. The number of pyridine rings is 6. The summed E-state index contributed by atoms with van der Waals surface area (Å²) in [5.41, 5.74) is 9.60. The number of aromatic nitrogens is 18. The second kappa shape index (κ2) is 35.2. The fraction of sp³-hybridized carbons (Fsp3) is 0.0345. The summed E-state index contributed by atoms with van der Waals surface area (Å²) in [6.45, 7) is 1.11. The van der Waals surface area contributed by atoms with Crippen LogP contribution in [0.5, 0.6) is 0 Å². The molecule has 0 amide bonds. The summed E-state index contributed by atoms with van der Waals surface area (Å²) in [6, 6.07) is 55.3. The Hall–Kier alpha value is -13.1. The van der Waals surface area contributed by atoms with Crippen molar-refractivity contribution < 1.29 is 53.9 Å². The third-order valence-electron chi connectivity index (χ3n) is 12.1. The molecule has 0 atom stereocenters. The Morgan fingerprint density at radius 1 is 0.309 bits per heavy atom. The van der Waals surface area contributed by atoms with Crippen LogP contribution in [0.3, 0.4) is 0 Å². The first-order valence-corrected chi connectivity index (χ1v) is 26.4. The quantitative estimate of drug-likeness (QED) is 0.0860. The van der Waals surface area contributed by atoms with Crippen molar-refractivity contribution in [3.05, 3.63) is 317 Å². The summed E-state index contributed by atoms with van der Waals surface area (Å²) in [7, 11) is 0. The maximum Gasteiger partial charge on any atom is 2.00 e. The van der Waals surface area contributed by atoms with Crippen LogP contribution in [0.25, 0.3) is 79.5 Å². The van der Waals surface area contributed by atoms with Crippen LogP contribution in [-0.2, 0) is 46.6 Å². The van der Waals surface area contributed by atoms with E-state index < -0.39 is 20.3 Å². The van der Waals surface area contributed by atoms with Crippen LogP contribution in [0.2, 0.25) is 0 Å². The van der Waals surface area contributed by atoms with Gasteiger partial charge in [-0.3, -0.25) is 9.97 Å². The first-order valence-electron chi connectivity index (χ1n) is 26.4. The van der Waals surface area contributed by atoms with Crippen LogP contribution >= 0.6 is 0 Å². The van der Waals surface area contributed by atoms with Gasteiger partial charge in [0.1, 0.15) is 11.4 Å². The first kappa shape index (κ1) is 70.0. The Morgan fingerprint density at radius 3 is 0.894 bits per heavy atom. The summed E-state index contributed by atoms with van der Waals surface area (Å²) in [6.07, 6.45) is 21.6. The maximum atomic E-state index is 8.25. The average molecular weight is 1360 g/mol. The van der Waals surface area contributed by atoms with Gasteiger partial charge in [-0.1, -0.05) is 48.5 Å². The Morgan fingerprint density at radius 2 is 0.596 bits per heavy atom. The van der Waals surface area contributed by atoms with Crippen LogP contribution in [-0.4, -0.2) is 108 Å². The zero-order valence-corrected chi connectivity index (χ0v) is 50.0. The van der Waals surface area contributed by atoms with Gasteiger partial charge in [-0.25, -0.2) is 48.6 Å². The Balaban J connectivity index is 0.000000210. The molecule has 0 bridgehead atoms. The molecule has 14 rings (SSSR count). The normalized spacial score (nSPS) is 9.91. The van der Waals surface area contributed by atoms with E-state index in [1.54, 1.807) is 68.3 Å². The minimum atomic E-state index is -1.75. The van der Waals surface area contributed by atoms with E-state index >= 15 is 0 Å². The molecule has 0 unspecified atom stereocenters. The largest absolute Gasteiger partial charge is 2.00 e. The van der Waals surface area contributed by atoms with E-state index in [2.05, 4.69) is 51.6 Å². The molecular formula is C58H44Co2N22O12. The van der Waals surface area contributed by atoms with E-state index in [0.29, 0.717) is 13.1 Å². The van der Waals surface area contributed by atoms with E-state index in [9.17, 15) is 0 Å². The standard InChI is InChI=1S/2C24H18N8.C10H8N2.2Co.4NO3/c2*1-2-10-21-19(8-1)29-24(20-9-4-12-23(28-20)32-16-6-14-26-32)30(21)17-18-7-3-11-22(27-18)31-15-5-13-25-31;1-5-11-6-2-9(1)10-3-7-12-8-4-10;;;4*2-1(3)4/h2*1-16H,17H2;1-8H;;;;;;/q;;;2*+2;4*-1. The molecule has 0 N–H and O–H groups in total. The fourth-order valence-corrected chi connectivity index (χ4v) is 8.61. The molecule has 14 aromatic rings. The number of hydrogen-bond acceptors (Lipinski definition) is 24. The Bertz CT molecular complexity index is 4300. The number of nitrogens with zero attached hydrogens (tertiary/aromatic N) is 22. The second-order valence-corrected chi connectivity index (χ2v) is 17.9. The SMILES string of the molecule is O=[N+]([O-])[O-].O=[N+]([O-])[O-].O=[N+]([O-])[O-].O=[N+]([O-])[O-].[Co+2].[Co+2].c1cc(-c2ccncc2)ccn1.c1cc(Cn2c(-c3cccc(-n4cccn4)n3)nc3ccccc32)nc(-n2cccn2)c1.c1cc(Cn2c(-c3cccc(-n4cccn4)n3)nc3ccccc32)nc(-n2cccn2)c1. The number of imidazole rings is 2. The van der Waals surface area contributed by atoms with Crippen LogP contribution in [0.1, 0.15) is 11.4 Å². The van der Waals surface area contributed by atoms with Crippen molar-refractivity contribution >= 4 is 22.1 Å². The minimum absolute atomic E-state index is 0. The molecule has 94 heavy (non-hydrogen) atoms. The fourth-order valence-electron chi connectivity index (χ4n) is 8.61. The Kier molecular flexibility index (Phi) is 26.2. The zero-order chi connectivity index (χ0) is 65.2. The molecule has 0 saturated carbocycles. The molecule has 0 spiro atoms. The molecule has 0 aliphatic rings. The molecule has 0 aliphatic carbocycles. The van der Waals surface area contributed by atoms with Crippen molar-refractivity contribution in [2.75, 3.05) is 0 Å². The molecule has 0 aliphatic heterocycles. The van der Waals surface area contributed by atoms with Gasteiger partial charge in [0.15, 0.2) is 34.9 Å². The first-order chi connectivity index (χ1) is 44.6. The maximum absolute atomic E-state index is 8.25. The molecule has 476 valence electrons. The molecule has 0 saturated heterocycles. The average Bonchev–Trinajstić information content (AvgIpc) is 1.63. The van der Waals surface area contributed by atoms with Gasteiger partial charge in [0, 0.05) is 74.4 Å². The Labute approximate surface area is 548 Å². The van der Waals surface area contributed by atoms with E-state index in [4.69, 9.17) is 91.2 Å². The van der Waals surface area contributed by atoms with Crippen molar-refractivity contribution in [1.29, 1.82) is 0 Å². The molecule has 36 heteroatoms. The molecular weight excluding hydrogens is 1310 g/mol. The van der Waals surface area contributed by atoms with Gasteiger partial charge in [-0.15, -0.1) is 0 Å². The van der Waals surface area contributed by atoms with Crippen LogP contribution in [0, 0.1) is 61.3 Å². The van der Waals surface area contributed by atoms with Crippen molar-refractivity contribution in [3.63, 3.8) is 0 Å². The molecule has 34 nitrogen and oxygen atoms in total. The summed E-state index contributed by atoms with van der Waals surface area (Å²) in [5.74, 6) is 4.60. The summed E-state index contributed by atoms with van der Waals surface area (Å²) in [4.78, 5) is 70.0. The minimum Gasteiger partial charge on any atom is -0.356 e. The summed E-state index contributed by atoms with van der Waals surface area (Å²) < 4.78 is 11.3. The van der Waals surface area contributed by atoms with Crippen molar-refractivity contribution in [2.45, 2.75) is 13.1 Å². The van der Waals surface area contributed by atoms with E-state index in [0.717, 1.165) is 79.8 Å². The van der Waals surface area contributed by atoms with Gasteiger partial charge >= 0.3 is 33.6 Å². The number of hydrogen-bond donors (Lipinski definition) is 0. The molecule has 0 fully saturated rings. The predicted octanol–water partition coefficient (Wildman–Crippen LogP) is 9.01. The van der Waals surface area contributed by atoms with Gasteiger partial charge in [0.2, 0.25) is 0 Å². The number of fused-ring (bicyclic) bond motifs is 2. The van der Waals surface area contributed by atoms with Gasteiger partial charge in [-0.2, -0.15) is 20.4 Å². The number of benzene rings is 2. The van der Waals surface area contributed by atoms with Crippen LogP contribution < -0.4 is 0 Å². The smallest absolute Gasteiger partial charge is 0.356 e. The van der Waals surface area contributed by atoms with Gasteiger partial charge in [0.25, 0.3) is 0 Å². The van der Waals surface area contributed by atoms with Crippen molar-refractivity contribution in [3.8, 4) is 57.4 Å². The zero-order valence-electron chi connectivity index (χ0n) is 47.9. The molecule has 12 heterocycles. The third kappa shape index (κ3) is 20.5. The molecule has 12 aromatic heterocycles. The molecule has 2 radical (unpaired) electrons. The second-order valence-electron chi connectivity index (χ2n) is 17.9. The van der Waals surface area contributed by atoms with E-state index in [-0.39, 0.29) is 33.6 Å². The summed E-state index contributed by atoms with van der Waals surface area (Å²) >= 11 is 0. The van der Waals surface area contributed by atoms with Crippen molar-refractivity contribution in [1.82, 2.24) is 88.1 Å². The topological polar surface area (TPSA) is 449 Å².